The molecule has 0 unspecified atom stereocenters. The molecule has 0 saturated carbocycles. The SMILES string of the molecule is CCCc1nnc(-c2ccc(OC)c(Br)c2)o1. The number of halogens is 1. The van der Waals surface area contributed by atoms with Gasteiger partial charge in [-0.25, -0.2) is 0 Å². The van der Waals surface area contributed by atoms with Crippen molar-refractivity contribution >= 4 is 15.9 Å². The molecule has 1 aromatic carbocycles. The summed E-state index contributed by atoms with van der Waals surface area (Å²) < 4.78 is 11.6. The zero-order valence-electron chi connectivity index (χ0n) is 9.74. The molecule has 0 bridgehead atoms. The fourth-order valence-electron chi connectivity index (χ4n) is 1.48. The maximum Gasteiger partial charge on any atom is 0.247 e. The van der Waals surface area contributed by atoms with Crippen molar-refractivity contribution < 1.29 is 9.15 Å². The molecule has 0 radical (unpaired) electrons. The van der Waals surface area contributed by atoms with Gasteiger partial charge in [0.1, 0.15) is 5.75 Å². The van der Waals surface area contributed by atoms with Crippen molar-refractivity contribution in [1.29, 1.82) is 0 Å². The van der Waals surface area contributed by atoms with E-state index in [1.165, 1.54) is 0 Å². The summed E-state index contributed by atoms with van der Waals surface area (Å²) >= 11 is 3.43. The number of aromatic nitrogens is 2. The fourth-order valence-corrected chi connectivity index (χ4v) is 2.03. The monoisotopic (exact) mass is 296 g/mol. The maximum atomic E-state index is 5.55. The lowest BCUT2D eigenvalue weighted by Gasteiger charge is -2.03. The highest BCUT2D eigenvalue weighted by molar-refractivity contribution is 9.10. The van der Waals surface area contributed by atoms with Gasteiger partial charge in [0.05, 0.1) is 11.6 Å². The molecule has 0 aliphatic heterocycles. The number of benzene rings is 1. The molecule has 17 heavy (non-hydrogen) atoms. The third kappa shape index (κ3) is 2.66. The van der Waals surface area contributed by atoms with Gasteiger partial charge in [0, 0.05) is 12.0 Å². The topological polar surface area (TPSA) is 48.2 Å². The summed E-state index contributed by atoms with van der Waals surface area (Å²) in [6.45, 7) is 2.08. The Labute approximate surface area is 108 Å². The van der Waals surface area contributed by atoms with E-state index < -0.39 is 0 Å². The van der Waals surface area contributed by atoms with Crippen LogP contribution in [0.2, 0.25) is 0 Å². The molecular formula is C12H13BrN2O2. The molecule has 2 aromatic rings. The van der Waals surface area contributed by atoms with Crippen molar-refractivity contribution in [3.05, 3.63) is 28.6 Å². The van der Waals surface area contributed by atoms with E-state index in [0.717, 1.165) is 28.6 Å². The second-order valence-corrected chi connectivity index (χ2v) is 4.45. The molecule has 4 nitrogen and oxygen atoms in total. The third-order valence-electron chi connectivity index (χ3n) is 2.33. The third-order valence-corrected chi connectivity index (χ3v) is 2.95. The van der Waals surface area contributed by atoms with Gasteiger partial charge in [-0.15, -0.1) is 10.2 Å². The zero-order chi connectivity index (χ0) is 12.3. The van der Waals surface area contributed by atoms with Crippen molar-refractivity contribution in [3.8, 4) is 17.2 Å². The molecule has 0 fully saturated rings. The van der Waals surface area contributed by atoms with Gasteiger partial charge in [0.15, 0.2) is 0 Å². The van der Waals surface area contributed by atoms with Crippen LogP contribution in [0.5, 0.6) is 5.75 Å². The minimum absolute atomic E-state index is 0.539. The van der Waals surface area contributed by atoms with Gasteiger partial charge < -0.3 is 9.15 Å². The summed E-state index contributed by atoms with van der Waals surface area (Å²) in [6, 6.07) is 5.66. The van der Waals surface area contributed by atoms with Crippen LogP contribution in [0.3, 0.4) is 0 Å². The smallest absolute Gasteiger partial charge is 0.247 e. The molecule has 1 aromatic heterocycles. The fraction of sp³-hybridized carbons (Fsp3) is 0.333. The molecule has 1 heterocycles. The summed E-state index contributed by atoms with van der Waals surface area (Å²) in [5, 5.41) is 8.01. The Morgan fingerprint density at radius 3 is 2.82 bits per heavy atom. The molecule has 90 valence electrons. The molecule has 5 heteroatoms. The lowest BCUT2D eigenvalue weighted by Crippen LogP contribution is -1.85. The Morgan fingerprint density at radius 1 is 1.35 bits per heavy atom. The molecule has 0 N–H and O–H groups in total. The van der Waals surface area contributed by atoms with Crippen LogP contribution in [0, 0.1) is 0 Å². The molecule has 0 saturated heterocycles. The number of hydrogen-bond donors (Lipinski definition) is 0. The Bertz CT molecular complexity index is 511. The van der Waals surface area contributed by atoms with Crippen molar-refractivity contribution in [3.63, 3.8) is 0 Å². The first-order valence-electron chi connectivity index (χ1n) is 5.41. The van der Waals surface area contributed by atoms with E-state index in [1.807, 2.05) is 18.2 Å². The first-order valence-corrected chi connectivity index (χ1v) is 6.20. The van der Waals surface area contributed by atoms with Crippen LogP contribution in [-0.4, -0.2) is 17.3 Å². The summed E-state index contributed by atoms with van der Waals surface area (Å²) in [7, 11) is 1.63. The molecule has 0 atom stereocenters. The summed E-state index contributed by atoms with van der Waals surface area (Å²) in [5.74, 6) is 1.99. The molecule has 2 rings (SSSR count). The van der Waals surface area contributed by atoms with E-state index in [2.05, 4.69) is 33.1 Å². The number of ether oxygens (including phenoxy) is 1. The van der Waals surface area contributed by atoms with Crippen LogP contribution >= 0.6 is 15.9 Å². The van der Waals surface area contributed by atoms with E-state index in [4.69, 9.17) is 9.15 Å². The van der Waals surface area contributed by atoms with Crippen LogP contribution in [-0.2, 0) is 6.42 Å². The molecule has 0 amide bonds. The predicted octanol–water partition coefficient (Wildman–Crippen LogP) is 3.46. The zero-order valence-corrected chi connectivity index (χ0v) is 11.3. The highest BCUT2D eigenvalue weighted by atomic mass is 79.9. The van der Waals surface area contributed by atoms with Crippen LogP contribution in [0.15, 0.2) is 27.1 Å². The number of rotatable bonds is 4. The number of nitrogens with zero attached hydrogens (tertiary/aromatic N) is 2. The minimum Gasteiger partial charge on any atom is -0.496 e. The average molecular weight is 297 g/mol. The molecule has 0 spiro atoms. The summed E-state index contributed by atoms with van der Waals surface area (Å²) in [5.41, 5.74) is 0.882. The van der Waals surface area contributed by atoms with E-state index in [1.54, 1.807) is 7.11 Å². The quantitative estimate of drug-likeness (QED) is 0.867. The highest BCUT2D eigenvalue weighted by Gasteiger charge is 2.10. The highest BCUT2D eigenvalue weighted by Crippen LogP contribution is 2.29. The lowest BCUT2D eigenvalue weighted by atomic mass is 10.2. The molecule has 0 aliphatic carbocycles. The summed E-state index contributed by atoms with van der Waals surface area (Å²) in [4.78, 5) is 0. The van der Waals surface area contributed by atoms with Gasteiger partial charge in [-0.2, -0.15) is 0 Å². The first kappa shape index (κ1) is 12.1. The minimum atomic E-state index is 0.539. The van der Waals surface area contributed by atoms with Gasteiger partial charge >= 0.3 is 0 Å². The Balaban J connectivity index is 2.29. The van der Waals surface area contributed by atoms with Crippen molar-refractivity contribution in [2.75, 3.05) is 7.11 Å². The Hall–Kier alpha value is -1.36. The standard InChI is InChI=1S/C12H13BrN2O2/c1-3-4-11-14-15-12(17-11)8-5-6-10(16-2)9(13)7-8/h5-7H,3-4H2,1-2H3. The number of aryl methyl sites for hydroxylation is 1. The van der Waals surface area contributed by atoms with Gasteiger partial charge in [0.25, 0.3) is 0 Å². The van der Waals surface area contributed by atoms with Gasteiger partial charge in [0.2, 0.25) is 11.8 Å². The first-order chi connectivity index (χ1) is 8.24. The van der Waals surface area contributed by atoms with Crippen LogP contribution < -0.4 is 4.74 Å². The van der Waals surface area contributed by atoms with E-state index in [9.17, 15) is 0 Å². The largest absolute Gasteiger partial charge is 0.496 e. The van der Waals surface area contributed by atoms with Crippen LogP contribution in [0.25, 0.3) is 11.5 Å². The predicted molar refractivity (Wildman–Crippen MR) is 68.0 cm³/mol. The summed E-state index contributed by atoms with van der Waals surface area (Å²) in [6.07, 6.45) is 1.80. The van der Waals surface area contributed by atoms with Crippen molar-refractivity contribution in [1.82, 2.24) is 10.2 Å². The van der Waals surface area contributed by atoms with Gasteiger partial charge in [-0.3, -0.25) is 0 Å². The van der Waals surface area contributed by atoms with E-state index >= 15 is 0 Å². The average Bonchev–Trinajstić information content (AvgIpc) is 2.78. The van der Waals surface area contributed by atoms with Crippen LogP contribution in [0.1, 0.15) is 19.2 Å². The van der Waals surface area contributed by atoms with Gasteiger partial charge in [-0.1, -0.05) is 6.92 Å². The number of hydrogen-bond acceptors (Lipinski definition) is 4. The molecule has 0 aliphatic rings. The Morgan fingerprint density at radius 2 is 2.18 bits per heavy atom. The van der Waals surface area contributed by atoms with E-state index in [0.29, 0.717) is 11.8 Å². The van der Waals surface area contributed by atoms with Gasteiger partial charge in [-0.05, 0) is 40.5 Å². The van der Waals surface area contributed by atoms with Crippen LogP contribution in [0.4, 0.5) is 0 Å². The Kier molecular flexibility index (Phi) is 3.78. The lowest BCUT2D eigenvalue weighted by molar-refractivity contribution is 0.412. The van der Waals surface area contributed by atoms with Crippen molar-refractivity contribution in [2.45, 2.75) is 19.8 Å². The maximum absolute atomic E-state index is 5.55. The molecular weight excluding hydrogens is 284 g/mol. The number of methoxy groups -OCH3 is 1. The second kappa shape index (κ2) is 5.31. The van der Waals surface area contributed by atoms with Crippen molar-refractivity contribution in [2.24, 2.45) is 0 Å². The normalized spacial score (nSPS) is 10.5. The van der Waals surface area contributed by atoms with E-state index in [-0.39, 0.29) is 0 Å². The second-order valence-electron chi connectivity index (χ2n) is 3.60.